The Balaban J connectivity index is 3.28. The zero-order valence-electron chi connectivity index (χ0n) is 6.51. The van der Waals surface area contributed by atoms with Crippen molar-refractivity contribution in [3.8, 4) is 5.75 Å². The van der Waals surface area contributed by atoms with Gasteiger partial charge in [0.25, 0.3) is 0 Å². The van der Waals surface area contributed by atoms with Crippen LogP contribution in [-0.4, -0.2) is 5.11 Å². The Morgan fingerprint density at radius 3 is 2.67 bits per heavy atom. The second kappa shape index (κ2) is 3.29. The number of rotatable bonds is 1. The van der Waals surface area contributed by atoms with E-state index in [-0.39, 0.29) is 5.02 Å². The van der Waals surface area contributed by atoms with Gasteiger partial charge in [-0.25, -0.2) is 4.39 Å². The Hall–Kier alpha value is -0.800. The maximum Gasteiger partial charge on any atom is 0.166 e. The molecule has 1 atom stereocenters. The summed E-state index contributed by atoms with van der Waals surface area (Å²) in [5.74, 6) is -1.16. The van der Waals surface area contributed by atoms with Crippen molar-refractivity contribution in [1.29, 1.82) is 0 Å². The van der Waals surface area contributed by atoms with Crippen LogP contribution < -0.4 is 5.73 Å². The number of phenols is 1. The molecule has 0 amide bonds. The van der Waals surface area contributed by atoms with Gasteiger partial charge in [-0.3, -0.25) is 0 Å². The molecule has 0 heterocycles. The predicted molar refractivity (Wildman–Crippen MR) is 45.7 cm³/mol. The number of nitrogens with two attached hydrogens (primary N) is 1. The summed E-state index contributed by atoms with van der Waals surface area (Å²) >= 11 is 5.56. The fourth-order valence-corrected chi connectivity index (χ4v) is 1.15. The summed E-state index contributed by atoms with van der Waals surface area (Å²) in [5.41, 5.74) is 5.79. The Kier molecular flexibility index (Phi) is 2.55. The molecule has 0 radical (unpaired) electrons. The molecule has 0 saturated heterocycles. The van der Waals surface area contributed by atoms with Crippen molar-refractivity contribution in [2.45, 2.75) is 13.0 Å². The maximum atomic E-state index is 12.8. The molecule has 3 N–H and O–H groups in total. The fourth-order valence-electron chi connectivity index (χ4n) is 0.933. The van der Waals surface area contributed by atoms with Crippen molar-refractivity contribution >= 4 is 11.6 Å². The van der Waals surface area contributed by atoms with Gasteiger partial charge in [0.2, 0.25) is 0 Å². The van der Waals surface area contributed by atoms with Crippen molar-refractivity contribution < 1.29 is 9.50 Å². The van der Waals surface area contributed by atoms with Gasteiger partial charge in [0.05, 0.1) is 0 Å². The highest BCUT2D eigenvalue weighted by molar-refractivity contribution is 6.30. The van der Waals surface area contributed by atoms with Gasteiger partial charge >= 0.3 is 0 Å². The van der Waals surface area contributed by atoms with Crippen LogP contribution in [0.3, 0.4) is 0 Å². The lowest BCUT2D eigenvalue weighted by Gasteiger charge is -2.08. The molecular weight excluding hydrogens is 181 g/mol. The van der Waals surface area contributed by atoms with Crippen LogP contribution >= 0.6 is 11.6 Å². The molecule has 2 nitrogen and oxygen atoms in total. The second-order valence-electron chi connectivity index (χ2n) is 2.61. The van der Waals surface area contributed by atoms with Gasteiger partial charge in [-0.05, 0) is 19.1 Å². The average molecular weight is 190 g/mol. The van der Waals surface area contributed by atoms with E-state index in [1.807, 2.05) is 0 Å². The Bertz CT molecular complexity index is 301. The Morgan fingerprint density at radius 1 is 1.58 bits per heavy atom. The molecule has 66 valence electrons. The lowest BCUT2D eigenvalue weighted by atomic mass is 10.1. The molecule has 1 aromatic rings. The molecule has 0 fully saturated rings. The van der Waals surface area contributed by atoms with Gasteiger partial charge in [0.1, 0.15) is 0 Å². The Labute approximate surface area is 74.8 Å². The summed E-state index contributed by atoms with van der Waals surface area (Å²) < 4.78 is 12.8. The van der Waals surface area contributed by atoms with E-state index in [9.17, 15) is 9.50 Å². The molecule has 0 aromatic heterocycles. The van der Waals surface area contributed by atoms with Crippen LogP contribution in [-0.2, 0) is 0 Å². The number of hydrogen-bond acceptors (Lipinski definition) is 2. The van der Waals surface area contributed by atoms with Crippen molar-refractivity contribution in [3.05, 3.63) is 28.5 Å². The molecule has 12 heavy (non-hydrogen) atoms. The topological polar surface area (TPSA) is 46.2 Å². The molecule has 0 saturated carbocycles. The van der Waals surface area contributed by atoms with E-state index in [0.717, 1.165) is 6.07 Å². The largest absolute Gasteiger partial charge is 0.505 e. The van der Waals surface area contributed by atoms with E-state index in [1.165, 1.54) is 6.07 Å². The van der Waals surface area contributed by atoms with E-state index in [1.54, 1.807) is 6.92 Å². The number of hydrogen-bond donors (Lipinski definition) is 2. The second-order valence-corrected chi connectivity index (χ2v) is 3.05. The third-order valence-corrected chi connectivity index (χ3v) is 1.77. The van der Waals surface area contributed by atoms with Crippen molar-refractivity contribution in [3.63, 3.8) is 0 Å². The van der Waals surface area contributed by atoms with Crippen LogP contribution in [0.4, 0.5) is 4.39 Å². The molecule has 1 aromatic carbocycles. The van der Waals surface area contributed by atoms with E-state index in [0.29, 0.717) is 5.56 Å². The SMILES string of the molecule is CC(N)c1cc(Cl)cc(F)c1O. The summed E-state index contributed by atoms with van der Waals surface area (Å²) in [6.07, 6.45) is 0. The molecule has 0 bridgehead atoms. The molecule has 0 aliphatic carbocycles. The third-order valence-electron chi connectivity index (χ3n) is 1.55. The standard InChI is InChI=1S/C8H9ClFNO/c1-4(11)6-2-5(9)3-7(10)8(6)12/h2-4,12H,11H2,1H3. The van der Waals surface area contributed by atoms with E-state index in [2.05, 4.69) is 0 Å². The van der Waals surface area contributed by atoms with E-state index in [4.69, 9.17) is 17.3 Å². The molecule has 0 spiro atoms. The highest BCUT2D eigenvalue weighted by atomic mass is 35.5. The minimum Gasteiger partial charge on any atom is -0.505 e. The van der Waals surface area contributed by atoms with E-state index < -0.39 is 17.6 Å². The van der Waals surface area contributed by atoms with Crippen molar-refractivity contribution in [1.82, 2.24) is 0 Å². The zero-order chi connectivity index (χ0) is 9.30. The number of aromatic hydroxyl groups is 1. The quantitative estimate of drug-likeness (QED) is 0.712. The first-order valence-electron chi connectivity index (χ1n) is 3.46. The monoisotopic (exact) mass is 189 g/mol. The summed E-state index contributed by atoms with van der Waals surface area (Å²) in [6.45, 7) is 1.64. The first kappa shape index (κ1) is 9.29. The molecule has 0 aliphatic heterocycles. The van der Waals surface area contributed by atoms with Gasteiger partial charge in [0.15, 0.2) is 11.6 Å². The summed E-state index contributed by atoms with van der Waals surface area (Å²) in [5, 5.41) is 9.41. The highest BCUT2D eigenvalue weighted by Crippen LogP contribution is 2.29. The van der Waals surface area contributed by atoms with Gasteiger partial charge < -0.3 is 10.8 Å². The van der Waals surface area contributed by atoms with Crippen molar-refractivity contribution in [2.24, 2.45) is 5.73 Å². The van der Waals surface area contributed by atoms with Gasteiger partial charge in [-0.2, -0.15) is 0 Å². The van der Waals surface area contributed by atoms with Crippen LogP contribution in [0.5, 0.6) is 5.75 Å². The average Bonchev–Trinajstić information content (AvgIpc) is 1.96. The molecule has 0 aliphatic rings. The van der Waals surface area contributed by atoms with E-state index >= 15 is 0 Å². The van der Waals surface area contributed by atoms with Crippen LogP contribution in [0.15, 0.2) is 12.1 Å². The van der Waals surface area contributed by atoms with Crippen molar-refractivity contribution in [2.75, 3.05) is 0 Å². The number of phenolic OH excluding ortho intramolecular Hbond substituents is 1. The first-order valence-corrected chi connectivity index (χ1v) is 3.83. The predicted octanol–water partition coefficient (Wildman–Crippen LogP) is 2.20. The minimum atomic E-state index is -0.741. The lowest BCUT2D eigenvalue weighted by Crippen LogP contribution is -2.05. The third kappa shape index (κ3) is 1.68. The molecular formula is C8H9ClFNO. The van der Waals surface area contributed by atoms with Crippen LogP contribution in [0.1, 0.15) is 18.5 Å². The Morgan fingerprint density at radius 2 is 2.17 bits per heavy atom. The number of halogens is 2. The number of benzene rings is 1. The summed E-state index contributed by atoms with van der Waals surface area (Å²) in [7, 11) is 0. The summed E-state index contributed by atoms with van der Waals surface area (Å²) in [6, 6.07) is 2.06. The van der Waals surface area contributed by atoms with Gasteiger partial charge in [-0.15, -0.1) is 0 Å². The minimum absolute atomic E-state index is 0.234. The summed E-state index contributed by atoms with van der Waals surface area (Å²) in [4.78, 5) is 0. The van der Waals surface area contributed by atoms with Gasteiger partial charge in [-0.1, -0.05) is 11.6 Å². The fraction of sp³-hybridized carbons (Fsp3) is 0.250. The maximum absolute atomic E-state index is 12.8. The molecule has 4 heteroatoms. The van der Waals surface area contributed by atoms with Crippen LogP contribution in [0.2, 0.25) is 5.02 Å². The highest BCUT2D eigenvalue weighted by Gasteiger charge is 2.11. The van der Waals surface area contributed by atoms with Gasteiger partial charge in [0, 0.05) is 16.6 Å². The molecule has 1 rings (SSSR count). The van der Waals surface area contributed by atoms with Crippen LogP contribution in [0, 0.1) is 5.82 Å². The zero-order valence-corrected chi connectivity index (χ0v) is 7.27. The molecule has 1 unspecified atom stereocenters. The lowest BCUT2D eigenvalue weighted by molar-refractivity contribution is 0.422. The normalized spacial score (nSPS) is 13.0. The smallest absolute Gasteiger partial charge is 0.166 e. The van der Waals surface area contributed by atoms with Crippen LogP contribution in [0.25, 0.3) is 0 Å². The first-order chi connectivity index (χ1) is 5.52.